The van der Waals surface area contributed by atoms with E-state index in [0.717, 1.165) is 0 Å². The summed E-state index contributed by atoms with van der Waals surface area (Å²) in [6.07, 6.45) is -0.448. The number of carbonyl (C=O) groups excluding carboxylic acids is 1. The molecule has 0 radical (unpaired) electrons. The topological polar surface area (TPSA) is 110 Å². The van der Waals surface area contributed by atoms with Gasteiger partial charge in [0.1, 0.15) is 23.2 Å². The first-order valence-electron chi connectivity index (χ1n) is 9.73. The number of hydrogen-bond donors (Lipinski definition) is 0. The Hall–Kier alpha value is -0.950. The fourth-order valence-electron chi connectivity index (χ4n) is 2.83. The van der Waals surface area contributed by atoms with Crippen LogP contribution < -0.4 is 0 Å². The van der Waals surface area contributed by atoms with Crippen LogP contribution in [0.25, 0.3) is 0 Å². The third kappa shape index (κ3) is 7.35. The second-order valence-electron chi connectivity index (χ2n) is 5.86. The van der Waals surface area contributed by atoms with Crippen molar-refractivity contribution in [3.63, 3.8) is 0 Å². The van der Waals surface area contributed by atoms with Gasteiger partial charge in [-0.3, -0.25) is 9.13 Å². The van der Waals surface area contributed by atoms with Gasteiger partial charge in [-0.1, -0.05) is 0 Å². The van der Waals surface area contributed by atoms with Gasteiger partial charge in [-0.15, -0.1) is 0 Å². The molecule has 0 aromatic carbocycles. The van der Waals surface area contributed by atoms with E-state index in [1.54, 1.807) is 41.5 Å². The minimum absolute atomic E-state index is 0.126. The number of carbonyl (C=O) groups is 1. The molecule has 0 spiro atoms. The van der Waals surface area contributed by atoms with Gasteiger partial charge in [0.15, 0.2) is 0 Å². The zero-order valence-corrected chi connectivity index (χ0v) is 19.8. The van der Waals surface area contributed by atoms with Crippen LogP contribution in [-0.2, 0) is 44.3 Å². The van der Waals surface area contributed by atoms with Crippen molar-refractivity contribution in [2.24, 2.45) is 0 Å². The summed E-state index contributed by atoms with van der Waals surface area (Å²) < 4.78 is 58.4. The van der Waals surface area contributed by atoms with Gasteiger partial charge >= 0.3 is 21.2 Å². The van der Waals surface area contributed by atoms with Crippen LogP contribution >= 0.6 is 15.2 Å². The van der Waals surface area contributed by atoms with Crippen molar-refractivity contribution in [2.45, 2.75) is 53.9 Å². The van der Waals surface area contributed by atoms with E-state index >= 15 is 0 Å². The van der Waals surface area contributed by atoms with Crippen LogP contribution in [0.3, 0.4) is 0 Å². The van der Waals surface area contributed by atoms with E-state index in [-0.39, 0.29) is 68.0 Å². The van der Waals surface area contributed by atoms with Gasteiger partial charge in [0, 0.05) is 5.56 Å². The van der Waals surface area contributed by atoms with Gasteiger partial charge in [-0.25, -0.2) is 4.79 Å². The third-order valence-corrected chi connectivity index (χ3v) is 7.72. The highest BCUT2D eigenvalue weighted by Gasteiger charge is 2.36. The maximum absolute atomic E-state index is 13.1. The summed E-state index contributed by atoms with van der Waals surface area (Å²) in [6.45, 7) is 10.9. The fourth-order valence-corrected chi connectivity index (χ4v) is 6.24. The smallest absolute Gasteiger partial charge is 0.341 e. The Morgan fingerprint density at radius 3 is 1.66 bits per heavy atom. The fraction of sp³-hybridized carbons (Fsp3) is 0.722. The maximum Gasteiger partial charge on any atom is 0.341 e. The zero-order valence-electron chi connectivity index (χ0n) is 18.0. The normalized spacial score (nSPS) is 12.3. The lowest BCUT2D eigenvalue weighted by atomic mass is 10.1. The molecule has 0 saturated carbocycles. The van der Waals surface area contributed by atoms with Crippen LogP contribution in [0.4, 0.5) is 0 Å². The Bertz CT molecular complexity index is 737. The lowest BCUT2D eigenvalue weighted by Crippen LogP contribution is -2.10. The highest BCUT2D eigenvalue weighted by molar-refractivity contribution is 7.53. The molecule has 29 heavy (non-hydrogen) atoms. The molecule has 11 heteroatoms. The number of rotatable bonds is 14. The van der Waals surface area contributed by atoms with E-state index in [4.69, 9.17) is 27.2 Å². The molecule has 0 amide bonds. The first kappa shape index (κ1) is 26.1. The number of furan rings is 1. The van der Waals surface area contributed by atoms with Crippen LogP contribution in [0.1, 0.15) is 62.1 Å². The third-order valence-electron chi connectivity index (χ3n) is 3.74. The molecule has 1 heterocycles. The summed E-state index contributed by atoms with van der Waals surface area (Å²) in [4.78, 5) is 12.5. The van der Waals surface area contributed by atoms with E-state index in [2.05, 4.69) is 0 Å². The Balaban J connectivity index is 3.49. The molecule has 0 bridgehead atoms. The Labute approximate surface area is 172 Å². The summed E-state index contributed by atoms with van der Waals surface area (Å²) >= 11 is 0. The van der Waals surface area contributed by atoms with Crippen LogP contribution in [0, 0.1) is 6.92 Å². The van der Waals surface area contributed by atoms with Crippen molar-refractivity contribution < 1.29 is 41.2 Å². The van der Waals surface area contributed by atoms with Crippen molar-refractivity contribution in [3.8, 4) is 0 Å². The average molecular weight is 454 g/mol. The van der Waals surface area contributed by atoms with Crippen molar-refractivity contribution >= 4 is 21.2 Å². The summed E-state index contributed by atoms with van der Waals surface area (Å²) in [5.74, 6) is -0.194. The van der Waals surface area contributed by atoms with Gasteiger partial charge in [-0.05, 0) is 41.5 Å². The SMILES string of the molecule is CCOC(=O)c1c(C)oc(CP(=O)(OCC)OCC)c1CP(=O)(OCC)OCC. The lowest BCUT2D eigenvalue weighted by molar-refractivity contribution is 0.0523. The monoisotopic (exact) mass is 454 g/mol. The molecule has 1 aromatic rings. The van der Waals surface area contributed by atoms with Crippen LogP contribution in [0.5, 0.6) is 0 Å². The molecule has 0 aliphatic heterocycles. The quantitative estimate of drug-likeness (QED) is 0.273. The molecule has 0 N–H and O–H groups in total. The van der Waals surface area contributed by atoms with Gasteiger partial charge in [-0.2, -0.15) is 0 Å². The Morgan fingerprint density at radius 1 is 0.793 bits per heavy atom. The highest BCUT2D eigenvalue weighted by atomic mass is 31.2. The van der Waals surface area contributed by atoms with Crippen molar-refractivity contribution in [3.05, 3.63) is 22.6 Å². The van der Waals surface area contributed by atoms with Crippen LogP contribution in [-0.4, -0.2) is 39.0 Å². The molecule has 1 aromatic heterocycles. The van der Waals surface area contributed by atoms with Gasteiger partial charge in [0.25, 0.3) is 0 Å². The first-order valence-corrected chi connectivity index (χ1v) is 13.2. The molecule has 0 unspecified atom stereocenters. The average Bonchev–Trinajstić information content (AvgIpc) is 2.90. The number of ether oxygens (including phenoxy) is 1. The minimum Gasteiger partial charge on any atom is -0.464 e. The molecule has 0 saturated heterocycles. The zero-order chi connectivity index (χ0) is 22.1. The van der Waals surface area contributed by atoms with Crippen molar-refractivity contribution in [1.82, 2.24) is 0 Å². The molecule has 168 valence electrons. The summed E-state index contributed by atoms with van der Waals surface area (Å²) in [7, 11) is -7.11. The molecule has 1 rings (SSSR count). The summed E-state index contributed by atoms with van der Waals surface area (Å²) in [5, 5.41) is 0. The van der Waals surface area contributed by atoms with E-state index < -0.39 is 21.2 Å². The van der Waals surface area contributed by atoms with Gasteiger partial charge < -0.3 is 27.2 Å². The van der Waals surface area contributed by atoms with Gasteiger partial charge in [0.05, 0.1) is 39.2 Å². The number of aryl methyl sites for hydroxylation is 1. The maximum atomic E-state index is 13.1. The number of esters is 1. The molecule has 9 nitrogen and oxygen atoms in total. The first-order chi connectivity index (χ1) is 13.7. The molecule has 0 aliphatic rings. The lowest BCUT2D eigenvalue weighted by Gasteiger charge is -2.19. The highest BCUT2D eigenvalue weighted by Crippen LogP contribution is 2.56. The number of hydrogen-bond acceptors (Lipinski definition) is 9. The molecule has 0 fully saturated rings. The van der Waals surface area contributed by atoms with Crippen molar-refractivity contribution in [1.29, 1.82) is 0 Å². The second-order valence-corrected chi connectivity index (χ2v) is 9.97. The van der Waals surface area contributed by atoms with Crippen LogP contribution in [0.2, 0.25) is 0 Å². The Morgan fingerprint density at radius 2 is 1.24 bits per heavy atom. The molecule has 0 atom stereocenters. The van der Waals surface area contributed by atoms with E-state index in [1.165, 1.54) is 0 Å². The predicted octanol–water partition coefficient (Wildman–Crippen LogP) is 5.30. The summed E-state index contributed by atoms with van der Waals surface area (Å²) in [6, 6.07) is 0. The summed E-state index contributed by atoms with van der Waals surface area (Å²) in [5.41, 5.74) is 0.395. The molecular weight excluding hydrogens is 422 g/mol. The van der Waals surface area contributed by atoms with Crippen LogP contribution in [0.15, 0.2) is 4.42 Å². The van der Waals surface area contributed by atoms with E-state index in [0.29, 0.717) is 0 Å². The molecular formula is C18H32O9P2. The predicted molar refractivity (Wildman–Crippen MR) is 109 cm³/mol. The standard InChI is InChI=1S/C18H32O9P2/c1-7-22-18(19)17-14(6)27-16(13-29(21,25-10-4)26-11-5)15(17)12-28(20,23-8-2)24-9-3/h7-13H2,1-6H3. The van der Waals surface area contributed by atoms with E-state index in [9.17, 15) is 13.9 Å². The van der Waals surface area contributed by atoms with E-state index in [1.807, 2.05) is 0 Å². The minimum atomic E-state index is -3.58. The molecule has 0 aliphatic carbocycles. The van der Waals surface area contributed by atoms with Crippen molar-refractivity contribution in [2.75, 3.05) is 33.0 Å². The largest absolute Gasteiger partial charge is 0.464 e. The Kier molecular flexibility index (Phi) is 10.8. The second kappa shape index (κ2) is 12.0. The van der Waals surface area contributed by atoms with Gasteiger partial charge in [0.2, 0.25) is 0 Å².